The smallest absolute Gasteiger partial charge is 0.300 e. The van der Waals surface area contributed by atoms with Crippen LogP contribution in [0.2, 0.25) is 10.0 Å². The summed E-state index contributed by atoms with van der Waals surface area (Å²) < 4.78 is 5.29. The van der Waals surface area contributed by atoms with Gasteiger partial charge in [0.25, 0.3) is 11.7 Å². The number of rotatable bonds is 4. The van der Waals surface area contributed by atoms with Crippen molar-refractivity contribution in [2.24, 2.45) is 0 Å². The molecule has 1 saturated heterocycles. The highest BCUT2D eigenvalue weighted by atomic mass is 35.5. The number of hydrogen-bond acceptors (Lipinski definition) is 5. The Morgan fingerprint density at radius 1 is 1.10 bits per heavy atom. The molecule has 2 heterocycles. The quantitative estimate of drug-likeness (QED) is 0.286. The van der Waals surface area contributed by atoms with E-state index in [4.69, 9.17) is 27.9 Å². The van der Waals surface area contributed by atoms with E-state index < -0.39 is 17.7 Å². The van der Waals surface area contributed by atoms with E-state index in [2.05, 4.69) is 0 Å². The zero-order chi connectivity index (χ0) is 22.3. The largest absolute Gasteiger partial charge is 0.507 e. The van der Waals surface area contributed by atoms with E-state index in [-0.39, 0.29) is 16.4 Å². The van der Waals surface area contributed by atoms with E-state index >= 15 is 0 Å². The van der Waals surface area contributed by atoms with Gasteiger partial charge in [0, 0.05) is 22.2 Å². The SMILES string of the molecule is COc1cccc(N2C(=O)C(=O)/C(=C(\O)c3ccc(Cl)c(Cl)c3)C2c2sccc2C)c1. The molecule has 1 atom stereocenters. The van der Waals surface area contributed by atoms with Crippen LogP contribution in [0.1, 0.15) is 22.0 Å². The predicted molar refractivity (Wildman–Crippen MR) is 123 cm³/mol. The number of thiophene rings is 1. The van der Waals surface area contributed by atoms with Crippen molar-refractivity contribution < 1.29 is 19.4 Å². The lowest BCUT2D eigenvalue weighted by molar-refractivity contribution is -0.132. The second kappa shape index (κ2) is 8.38. The number of benzene rings is 2. The maximum Gasteiger partial charge on any atom is 0.300 e. The summed E-state index contributed by atoms with van der Waals surface area (Å²) in [5.41, 5.74) is 1.70. The van der Waals surface area contributed by atoms with E-state index in [1.807, 2.05) is 18.4 Å². The van der Waals surface area contributed by atoms with Gasteiger partial charge in [-0.3, -0.25) is 14.5 Å². The molecule has 31 heavy (non-hydrogen) atoms. The Kier molecular flexibility index (Phi) is 5.79. The number of halogens is 2. The van der Waals surface area contributed by atoms with Gasteiger partial charge in [-0.1, -0.05) is 29.3 Å². The Morgan fingerprint density at radius 3 is 2.52 bits per heavy atom. The lowest BCUT2D eigenvalue weighted by Gasteiger charge is -2.25. The van der Waals surface area contributed by atoms with Gasteiger partial charge in [-0.15, -0.1) is 11.3 Å². The Labute approximate surface area is 193 Å². The van der Waals surface area contributed by atoms with Gasteiger partial charge in [-0.05, 0) is 54.3 Å². The topological polar surface area (TPSA) is 66.8 Å². The first-order valence-corrected chi connectivity index (χ1v) is 10.9. The van der Waals surface area contributed by atoms with Crippen molar-refractivity contribution in [3.05, 3.63) is 85.5 Å². The maximum atomic E-state index is 13.1. The van der Waals surface area contributed by atoms with Crippen molar-refractivity contribution in [1.82, 2.24) is 0 Å². The van der Waals surface area contributed by atoms with Crippen LogP contribution in [0.3, 0.4) is 0 Å². The molecule has 1 aromatic heterocycles. The molecule has 0 aliphatic carbocycles. The van der Waals surface area contributed by atoms with Gasteiger partial charge >= 0.3 is 0 Å². The first-order chi connectivity index (χ1) is 14.8. The van der Waals surface area contributed by atoms with E-state index in [1.54, 1.807) is 30.3 Å². The molecule has 1 aliphatic heterocycles. The predicted octanol–water partition coefficient (Wildman–Crippen LogP) is 6.00. The molecule has 5 nitrogen and oxygen atoms in total. The maximum absolute atomic E-state index is 13.1. The molecular formula is C23H17Cl2NO4S. The average Bonchev–Trinajstić information content (AvgIpc) is 3.30. The van der Waals surface area contributed by atoms with Crippen molar-refractivity contribution >= 4 is 57.7 Å². The molecule has 158 valence electrons. The van der Waals surface area contributed by atoms with Gasteiger partial charge in [0.05, 0.1) is 22.7 Å². The second-order valence-corrected chi connectivity index (χ2v) is 8.73. The number of Topliss-reactive ketones (excluding diaryl/α,β-unsaturated/α-hetero) is 1. The number of ketones is 1. The van der Waals surface area contributed by atoms with Gasteiger partial charge in [0.2, 0.25) is 0 Å². The number of carbonyl (C=O) groups excluding carboxylic acids is 2. The molecule has 1 fully saturated rings. The Morgan fingerprint density at radius 2 is 1.87 bits per heavy atom. The van der Waals surface area contributed by atoms with Crippen LogP contribution < -0.4 is 9.64 Å². The molecule has 1 aliphatic rings. The molecule has 8 heteroatoms. The molecule has 0 spiro atoms. The van der Waals surface area contributed by atoms with E-state index in [1.165, 1.54) is 35.5 Å². The van der Waals surface area contributed by atoms with Crippen LogP contribution in [0, 0.1) is 6.92 Å². The molecule has 2 aromatic carbocycles. The van der Waals surface area contributed by atoms with Crippen molar-refractivity contribution in [3.63, 3.8) is 0 Å². The lowest BCUT2D eigenvalue weighted by atomic mass is 9.98. The molecule has 1 amide bonds. The Hall–Kier alpha value is -2.80. The molecule has 1 unspecified atom stereocenters. The van der Waals surface area contributed by atoms with E-state index in [9.17, 15) is 14.7 Å². The molecular weight excluding hydrogens is 457 g/mol. The van der Waals surface area contributed by atoms with E-state index in [0.717, 1.165) is 10.4 Å². The van der Waals surface area contributed by atoms with Crippen LogP contribution >= 0.6 is 34.5 Å². The normalized spacial score (nSPS) is 17.9. The highest BCUT2D eigenvalue weighted by Crippen LogP contribution is 2.45. The average molecular weight is 474 g/mol. The number of ether oxygens (including phenoxy) is 1. The first kappa shape index (κ1) is 21.4. The molecule has 0 saturated carbocycles. The van der Waals surface area contributed by atoms with Gasteiger partial charge in [0.1, 0.15) is 17.6 Å². The van der Waals surface area contributed by atoms with Crippen LogP contribution in [-0.2, 0) is 9.59 Å². The van der Waals surface area contributed by atoms with Crippen LogP contribution in [-0.4, -0.2) is 23.9 Å². The Balaban J connectivity index is 1.96. The van der Waals surface area contributed by atoms with Gasteiger partial charge in [-0.2, -0.15) is 0 Å². The fourth-order valence-electron chi connectivity index (χ4n) is 3.57. The number of aliphatic hydroxyl groups is 1. The molecule has 3 aromatic rings. The van der Waals surface area contributed by atoms with Crippen LogP contribution in [0.25, 0.3) is 5.76 Å². The summed E-state index contributed by atoms with van der Waals surface area (Å²) in [5.74, 6) is -1.26. The van der Waals surface area contributed by atoms with Crippen LogP contribution in [0.4, 0.5) is 5.69 Å². The van der Waals surface area contributed by atoms with Gasteiger partial charge in [0.15, 0.2) is 0 Å². The minimum atomic E-state index is -0.790. The highest BCUT2D eigenvalue weighted by Gasteiger charge is 2.48. The fraction of sp³-hybridized carbons (Fsp3) is 0.130. The lowest BCUT2D eigenvalue weighted by Crippen LogP contribution is -2.29. The van der Waals surface area contributed by atoms with Gasteiger partial charge in [-0.25, -0.2) is 0 Å². The van der Waals surface area contributed by atoms with Crippen molar-refractivity contribution in [2.75, 3.05) is 12.0 Å². The van der Waals surface area contributed by atoms with Crippen LogP contribution in [0.15, 0.2) is 59.5 Å². The highest BCUT2D eigenvalue weighted by molar-refractivity contribution is 7.10. The summed E-state index contributed by atoms with van der Waals surface area (Å²) in [6.45, 7) is 1.90. The number of aryl methyl sites for hydroxylation is 1. The van der Waals surface area contributed by atoms with Gasteiger partial charge < -0.3 is 9.84 Å². The zero-order valence-corrected chi connectivity index (χ0v) is 18.9. The third-order valence-corrected chi connectivity index (χ3v) is 6.93. The fourth-order valence-corrected chi connectivity index (χ4v) is 4.89. The number of carbonyl (C=O) groups is 2. The number of nitrogens with zero attached hydrogens (tertiary/aromatic N) is 1. The number of hydrogen-bond donors (Lipinski definition) is 1. The number of amides is 1. The number of aliphatic hydroxyl groups excluding tert-OH is 1. The summed E-state index contributed by atoms with van der Waals surface area (Å²) in [6.07, 6.45) is 0. The monoisotopic (exact) mass is 473 g/mol. The van der Waals surface area contributed by atoms with Crippen molar-refractivity contribution in [3.8, 4) is 5.75 Å². The molecule has 0 bridgehead atoms. The third-order valence-electron chi connectivity index (χ3n) is 5.12. The van der Waals surface area contributed by atoms with Crippen molar-refractivity contribution in [2.45, 2.75) is 13.0 Å². The molecule has 0 radical (unpaired) electrons. The summed E-state index contributed by atoms with van der Waals surface area (Å²) >= 11 is 13.5. The standard InChI is InChI=1S/C23H17Cl2NO4S/c1-12-8-9-31-22(12)19-18(20(27)13-6-7-16(24)17(25)10-13)21(28)23(29)26(19)14-4-3-5-15(11-14)30-2/h3-11,19,27H,1-2H3/b20-18-. The Bertz CT molecular complexity index is 1230. The molecule has 1 N–H and O–H groups in total. The minimum Gasteiger partial charge on any atom is -0.507 e. The zero-order valence-electron chi connectivity index (χ0n) is 16.6. The number of anilines is 1. The third kappa shape index (κ3) is 3.71. The number of methoxy groups -OCH3 is 1. The van der Waals surface area contributed by atoms with E-state index in [0.29, 0.717) is 22.0 Å². The summed E-state index contributed by atoms with van der Waals surface area (Å²) in [6, 6.07) is 12.6. The first-order valence-electron chi connectivity index (χ1n) is 9.28. The second-order valence-electron chi connectivity index (χ2n) is 6.97. The minimum absolute atomic E-state index is 0.00300. The summed E-state index contributed by atoms with van der Waals surface area (Å²) in [5, 5.41) is 13.5. The summed E-state index contributed by atoms with van der Waals surface area (Å²) in [7, 11) is 1.53. The summed E-state index contributed by atoms with van der Waals surface area (Å²) in [4.78, 5) is 28.4. The van der Waals surface area contributed by atoms with Crippen molar-refractivity contribution in [1.29, 1.82) is 0 Å². The van der Waals surface area contributed by atoms with Crippen LogP contribution in [0.5, 0.6) is 5.75 Å². The molecule has 4 rings (SSSR count).